The van der Waals surface area contributed by atoms with Crippen molar-refractivity contribution >= 4 is 6.29 Å². The Balaban J connectivity index is 0.000000354. The Labute approximate surface area is 72.0 Å². The third-order valence-electron chi connectivity index (χ3n) is 0.909. The van der Waals surface area contributed by atoms with Crippen molar-refractivity contribution in [1.29, 1.82) is 0 Å². The Hall–Kier alpha value is -1.29. The first-order valence-corrected chi connectivity index (χ1v) is 3.62. The normalized spacial score (nSPS) is 8.17. The Morgan fingerprint density at radius 1 is 1.50 bits per heavy atom. The molecule has 0 spiro atoms. The number of nitrogens with one attached hydrogen (secondary N) is 1. The van der Waals surface area contributed by atoms with Crippen molar-refractivity contribution in [2.45, 2.75) is 6.42 Å². The first-order chi connectivity index (χ1) is 5.85. The molecule has 4 heteroatoms. The lowest BCUT2D eigenvalue weighted by Crippen LogP contribution is -1.89. The maximum Gasteiger partial charge on any atom is 0.125 e. The minimum absolute atomic E-state index is 0.355. The molecule has 0 fully saturated rings. The van der Waals surface area contributed by atoms with Crippen LogP contribution in [0.1, 0.15) is 5.69 Å². The lowest BCUT2D eigenvalue weighted by molar-refractivity contribution is -0.107. The Morgan fingerprint density at radius 3 is 2.58 bits per heavy atom. The van der Waals surface area contributed by atoms with Crippen molar-refractivity contribution in [3.05, 3.63) is 24.3 Å². The molecule has 0 atom stereocenters. The van der Waals surface area contributed by atoms with Crippen LogP contribution in [0.25, 0.3) is 0 Å². The van der Waals surface area contributed by atoms with Crippen molar-refractivity contribution in [2.75, 3.05) is 14.1 Å². The predicted octanol–water partition coefficient (Wildman–Crippen LogP) is 0.0536. The van der Waals surface area contributed by atoms with Crippen molar-refractivity contribution < 1.29 is 4.79 Å². The highest BCUT2D eigenvalue weighted by Crippen LogP contribution is 1.86. The van der Waals surface area contributed by atoms with E-state index < -0.39 is 0 Å². The molecule has 0 aliphatic rings. The summed E-state index contributed by atoms with van der Waals surface area (Å²) in [5, 5.41) is 2.75. The smallest absolute Gasteiger partial charge is 0.125 e. The van der Waals surface area contributed by atoms with Crippen molar-refractivity contribution in [3.8, 4) is 0 Å². The van der Waals surface area contributed by atoms with Crippen LogP contribution in [0.2, 0.25) is 0 Å². The number of nitrogens with zero attached hydrogens (tertiary/aromatic N) is 2. The molecule has 1 N–H and O–H groups in total. The van der Waals surface area contributed by atoms with E-state index in [9.17, 15) is 4.79 Å². The van der Waals surface area contributed by atoms with Gasteiger partial charge < -0.3 is 10.1 Å². The highest BCUT2D eigenvalue weighted by molar-refractivity contribution is 5.53. The number of carbonyl (C=O) groups is 1. The van der Waals surface area contributed by atoms with Gasteiger partial charge in [0.25, 0.3) is 0 Å². The molecule has 0 saturated heterocycles. The molecular formula is C8H13N3O. The summed E-state index contributed by atoms with van der Waals surface area (Å²) in [5.41, 5.74) is 0.715. The fourth-order valence-electron chi connectivity index (χ4n) is 0.521. The highest BCUT2D eigenvalue weighted by atomic mass is 16.1. The van der Waals surface area contributed by atoms with Gasteiger partial charge in [-0.25, -0.2) is 0 Å². The number of rotatable bonds is 2. The van der Waals surface area contributed by atoms with E-state index >= 15 is 0 Å². The Bertz CT molecular complexity index is 201. The molecule has 0 amide bonds. The predicted molar refractivity (Wildman–Crippen MR) is 46.8 cm³/mol. The van der Waals surface area contributed by atoms with E-state index in [0.717, 1.165) is 6.29 Å². The molecule has 66 valence electrons. The topological polar surface area (TPSA) is 54.9 Å². The fourth-order valence-corrected chi connectivity index (χ4v) is 0.521. The minimum atomic E-state index is 0.355. The largest absolute Gasteiger partial charge is 0.323 e. The third kappa shape index (κ3) is 5.49. The molecule has 1 aromatic heterocycles. The van der Waals surface area contributed by atoms with Crippen LogP contribution in [0.15, 0.2) is 18.6 Å². The van der Waals surface area contributed by atoms with E-state index in [1.807, 2.05) is 14.1 Å². The summed E-state index contributed by atoms with van der Waals surface area (Å²) in [6.45, 7) is 0. The van der Waals surface area contributed by atoms with Crippen LogP contribution in [-0.4, -0.2) is 30.3 Å². The SMILES string of the molecule is CNC.O=CCc1cnccn1. The average molecular weight is 167 g/mol. The summed E-state index contributed by atoms with van der Waals surface area (Å²) < 4.78 is 0. The molecule has 0 bridgehead atoms. The molecule has 0 aromatic carbocycles. The lowest BCUT2D eigenvalue weighted by Gasteiger charge is -1.87. The number of hydrogen-bond acceptors (Lipinski definition) is 4. The number of aldehydes is 1. The van der Waals surface area contributed by atoms with E-state index in [4.69, 9.17) is 0 Å². The van der Waals surface area contributed by atoms with Crippen molar-refractivity contribution in [3.63, 3.8) is 0 Å². The quantitative estimate of drug-likeness (QED) is 0.632. The van der Waals surface area contributed by atoms with Gasteiger partial charge in [0.2, 0.25) is 0 Å². The summed E-state index contributed by atoms with van der Waals surface area (Å²) in [7, 11) is 3.75. The second-order valence-electron chi connectivity index (χ2n) is 2.07. The van der Waals surface area contributed by atoms with Gasteiger partial charge in [-0.15, -0.1) is 0 Å². The van der Waals surface area contributed by atoms with E-state index in [-0.39, 0.29) is 0 Å². The van der Waals surface area contributed by atoms with Crippen LogP contribution in [0.5, 0.6) is 0 Å². The van der Waals surface area contributed by atoms with Gasteiger partial charge in [0, 0.05) is 25.0 Å². The zero-order chi connectivity index (χ0) is 9.23. The fraction of sp³-hybridized carbons (Fsp3) is 0.375. The first kappa shape index (κ1) is 10.7. The standard InChI is InChI=1S/C6H6N2O.C2H7N/c9-4-1-6-5-7-2-3-8-6;1-3-2/h2-5H,1H2;3H,1-2H3. The highest BCUT2D eigenvalue weighted by Gasteiger charge is 1.87. The zero-order valence-electron chi connectivity index (χ0n) is 7.32. The number of hydrogen-bond donors (Lipinski definition) is 1. The monoisotopic (exact) mass is 167 g/mol. The van der Waals surface area contributed by atoms with Crippen molar-refractivity contribution in [2.24, 2.45) is 0 Å². The molecule has 0 unspecified atom stereocenters. The van der Waals surface area contributed by atoms with Crippen LogP contribution < -0.4 is 5.32 Å². The Kier molecular flexibility index (Phi) is 6.97. The van der Waals surface area contributed by atoms with Gasteiger partial charge in [-0.1, -0.05) is 0 Å². The van der Waals surface area contributed by atoms with E-state index in [1.165, 1.54) is 0 Å². The third-order valence-corrected chi connectivity index (χ3v) is 0.909. The lowest BCUT2D eigenvalue weighted by atomic mass is 10.3. The molecular weight excluding hydrogens is 154 g/mol. The summed E-state index contributed by atoms with van der Waals surface area (Å²) >= 11 is 0. The summed E-state index contributed by atoms with van der Waals surface area (Å²) in [6.07, 6.45) is 5.89. The van der Waals surface area contributed by atoms with Gasteiger partial charge in [0.05, 0.1) is 5.69 Å². The van der Waals surface area contributed by atoms with Gasteiger partial charge in [0.1, 0.15) is 6.29 Å². The Morgan fingerprint density at radius 2 is 2.17 bits per heavy atom. The van der Waals surface area contributed by atoms with Crippen LogP contribution in [0.4, 0.5) is 0 Å². The number of carbonyl (C=O) groups excluding carboxylic acids is 1. The summed E-state index contributed by atoms with van der Waals surface area (Å²) in [4.78, 5) is 17.6. The molecule has 1 rings (SSSR count). The molecule has 0 aliphatic heterocycles. The maximum absolute atomic E-state index is 9.91. The number of aromatic nitrogens is 2. The second-order valence-corrected chi connectivity index (χ2v) is 2.07. The van der Waals surface area contributed by atoms with Crippen molar-refractivity contribution in [1.82, 2.24) is 15.3 Å². The van der Waals surface area contributed by atoms with E-state index in [2.05, 4.69) is 15.3 Å². The van der Waals surface area contributed by atoms with Gasteiger partial charge >= 0.3 is 0 Å². The van der Waals surface area contributed by atoms with E-state index in [1.54, 1.807) is 18.6 Å². The van der Waals surface area contributed by atoms with Crippen LogP contribution in [0.3, 0.4) is 0 Å². The first-order valence-electron chi connectivity index (χ1n) is 3.62. The van der Waals surface area contributed by atoms with Gasteiger partial charge in [-0.2, -0.15) is 0 Å². The molecule has 4 nitrogen and oxygen atoms in total. The molecule has 12 heavy (non-hydrogen) atoms. The average Bonchev–Trinajstić information content (AvgIpc) is 2.08. The van der Waals surface area contributed by atoms with Crippen LogP contribution in [0, 0.1) is 0 Å². The zero-order valence-corrected chi connectivity index (χ0v) is 7.32. The second kappa shape index (κ2) is 7.81. The van der Waals surface area contributed by atoms with Gasteiger partial charge in [-0.05, 0) is 14.1 Å². The minimum Gasteiger partial charge on any atom is -0.323 e. The van der Waals surface area contributed by atoms with Gasteiger partial charge in [-0.3, -0.25) is 9.97 Å². The van der Waals surface area contributed by atoms with Crippen LogP contribution >= 0.6 is 0 Å². The van der Waals surface area contributed by atoms with Gasteiger partial charge in [0.15, 0.2) is 0 Å². The maximum atomic E-state index is 9.91. The van der Waals surface area contributed by atoms with E-state index in [0.29, 0.717) is 12.1 Å². The summed E-state index contributed by atoms with van der Waals surface area (Å²) in [6, 6.07) is 0. The molecule has 0 aliphatic carbocycles. The molecule has 1 aromatic rings. The molecule has 0 saturated carbocycles. The summed E-state index contributed by atoms with van der Waals surface area (Å²) in [5.74, 6) is 0. The molecule has 1 heterocycles. The van der Waals surface area contributed by atoms with Crippen LogP contribution in [-0.2, 0) is 11.2 Å². The molecule has 0 radical (unpaired) electrons.